The van der Waals surface area contributed by atoms with Crippen LogP contribution in [0.4, 0.5) is 17.6 Å². The van der Waals surface area contributed by atoms with Gasteiger partial charge in [-0.25, -0.2) is 4.39 Å². The van der Waals surface area contributed by atoms with Gasteiger partial charge in [0.05, 0.1) is 5.56 Å². The smallest absolute Gasteiger partial charge is 0.329 e. The SMILES string of the molecule is CCC(C)NC(CN)c1ccc(F)cc1C(F)(F)F. The van der Waals surface area contributed by atoms with Gasteiger partial charge in [0.15, 0.2) is 0 Å². The van der Waals surface area contributed by atoms with Crippen LogP contribution in [0.3, 0.4) is 0 Å². The Morgan fingerprint density at radius 3 is 2.42 bits per heavy atom. The van der Waals surface area contributed by atoms with Gasteiger partial charge in [-0.2, -0.15) is 13.2 Å². The maximum Gasteiger partial charge on any atom is 0.416 e. The second kappa shape index (κ2) is 6.34. The van der Waals surface area contributed by atoms with E-state index in [4.69, 9.17) is 5.73 Å². The van der Waals surface area contributed by atoms with Crippen LogP contribution in [-0.2, 0) is 6.18 Å². The Kier molecular flexibility index (Phi) is 5.31. The monoisotopic (exact) mass is 278 g/mol. The van der Waals surface area contributed by atoms with Crippen molar-refractivity contribution < 1.29 is 17.6 Å². The molecule has 0 saturated carbocycles. The van der Waals surface area contributed by atoms with Crippen LogP contribution in [0.25, 0.3) is 0 Å². The van der Waals surface area contributed by atoms with Gasteiger partial charge >= 0.3 is 6.18 Å². The highest BCUT2D eigenvalue weighted by Gasteiger charge is 2.35. The lowest BCUT2D eigenvalue weighted by atomic mass is 9.98. The zero-order chi connectivity index (χ0) is 14.6. The lowest BCUT2D eigenvalue weighted by Crippen LogP contribution is -2.35. The van der Waals surface area contributed by atoms with E-state index in [1.54, 1.807) is 0 Å². The quantitative estimate of drug-likeness (QED) is 0.811. The summed E-state index contributed by atoms with van der Waals surface area (Å²) in [7, 11) is 0. The molecule has 0 heterocycles. The fourth-order valence-corrected chi connectivity index (χ4v) is 1.82. The topological polar surface area (TPSA) is 38.0 Å². The molecule has 0 fully saturated rings. The molecule has 0 bridgehead atoms. The number of benzene rings is 1. The summed E-state index contributed by atoms with van der Waals surface area (Å²) in [6.07, 6.45) is -3.83. The van der Waals surface area contributed by atoms with Crippen molar-refractivity contribution >= 4 is 0 Å². The van der Waals surface area contributed by atoms with E-state index < -0.39 is 23.6 Å². The number of alkyl halides is 3. The van der Waals surface area contributed by atoms with Crippen LogP contribution in [0.5, 0.6) is 0 Å². The van der Waals surface area contributed by atoms with Gasteiger partial charge in [0, 0.05) is 18.6 Å². The molecule has 3 N–H and O–H groups in total. The standard InChI is InChI=1S/C13H18F4N2/c1-3-8(2)19-12(7-18)10-5-4-9(14)6-11(10)13(15,16)17/h4-6,8,12,19H,3,7,18H2,1-2H3. The minimum Gasteiger partial charge on any atom is -0.329 e. The molecule has 6 heteroatoms. The average molecular weight is 278 g/mol. The molecule has 19 heavy (non-hydrogen) atoms. The van der Waals surface area contributed by atoms with Crippen LogP contribution < -0.4 is 11.1 Å². The third-order valence-corrected chi connectivity index (χ3v) is 3.03. The molecule has 0 aliphatic heterocycles. The van der Waals surface area contributed by atoms with Crippen LogP contribution >= 0.6 is 0 Å². The molecule has 1 aromatic rings. The number of halogens is 4. The molecular formula is C13H18F4N2. The van der Waals surface area contributed by atoms with E-state index in [2.05, 4.69) is 5.32 Å². The highest BCUT2D eigenvalue weighted by molar-refractivity contribution is 5.33. The van der Waals surface area contributed by atoms with Crippen molar-refractivity contribution in [3.05, 3.63) is 35.1 Å². The Morgan fingerprint density at radius 1 is 1.32 bits per heavy atom. The van der Waals surface area contributed by atoms with E-state index in [-0.39, 0.29) is 18.2 Å². The molecule has 1 rings (SSSR count). The summed E-state index contributed by atoms with van der Waals surface area (Å²) < 4.78 is 51.7. The van der Waals surface area contributed by atoms with Crippen molar-refractivity contribution in [2.24, 2.45) is 5.73 Å². The number of hydrogen-bond donors (Lipinski definition) is 2. The lowest BCUT2D eigenvalue weighted by Gasteiger charge is -2.24. The molecule has 0 aromatic heterocycles. The van der Waals surface area contributed by atoms with E-state index in [0.717, 1.165) is 18.6 Å². The molecule has 0 spiro atoms. The Hall–Kier alpha value is -1.14. The van der Waals surface area contributed by atoms with E-state index in [0.29, 0.717) is 6.07 Å². The largest absolute Gasteiger partial charge is 0.416 e. The van der Waals surface area contributed by atoms with Gasteiger partial charge in [-0.3, -0.25) is 0 Å². The first-order chi connectivity index (χ1) is 8.79. The predicted molar refractivity (Wildman–Crippen MR) is 66.1 cm³/mol. The average Bonchev–Trinajstić information content (AvgIpc) is 2.34. The van der Waals surface area contributed by atoms with E-state index in [1.807, 2.05) is 13.8 Å². The van der Waals surface area contributed by atoms with Gasteiger partial charge in [0.2, 0.25) is 0 Å². The van der Waals surface area contributed by atoms with Crippen molar-refractivity contribution in [2.45, 2.75) is 38.5 Å². The van der Waals surface area contributed by atoms with E-state index >= 15 is 0 Å². The van der Waals surface area contributed by atoms with Gasteiger partial charge in [-0.1, -0.05) is 13.0 Å². The van der Waals surface area contributed by atoms with Crippen LogP contribution in [0.15, 0.2) is 18.2 Å². The maximum absolute atomic E-state index is 13.0. The summed E-state index contributed by atoms with van der Waals surface area (Å²) in [5, 5.41) is 3.02. The first-order valence-corrected chi connectivity index (χ1v) is 6.12. The van der Waals surface area contributed by atoms with E-state index in [9.17, 15) is 17.6 Å². The van der Waals surface area contributed by atoms with Gasteiger partial charge in [-0.05, 0) is 31.0 Å². The summed E-state index contributed by atoms with van der Waals surface area (Å²) in [4.78, 5) is 0. The highest BCUT2D eigenvalue weighted by Crippen LogP contribution is 2.35. The summed E-state index contributed by atoms with van der Waals surface area (Å²) in [5.41, 5.74) is 4.54. The van der Waals surface area contributed by atoms with E-state index in [1.165, 1.54) is 0 Å². The molecule has 2 atom stereocenters. The Labute approximate surface area is 110 Å². The summed E-state index contributed by atoms with van der Waals surface area (Å²) >= 11 is 0. The molecule has 0 amide bonds. The normalized spacial score (nSPS) is 15.3. The molecule has 1 aromatic carbocycles. The van der Waals surface area contributed by atoms with Gasteiger partial charge in [-0.15, -0.1) is 0 Å². The van der Waals surface area contributed by atoms with Crippen LogP contribution in [-0.4, -0.2) is 12.6 Å². The molecule has 0 aliphatic rings. The molecular weight excluding hydrogens is 260 g/mol. The lowest BCUT2D eigenvalue weighted by molar-refractivity contribution is -0.138. The Bertz CT molecular complexity index is 418. The fourth-order valence-electron chi connectivity index (χ4n) is 1.82. The van der Waals surface area contributed by atoms with Crippen molar-refractivity contribution in [3.8, 4) is 0 Å². The first-order valence-electron chi connectivity index (χ1n) is 6.12. The van der Waals surface area contributed by atoms with Gasteiger partial charge in [0.1, 0.15) is 5.82 Å². The Balaban J connectivity index is 3.16. The zero-order valence-corrected chi connectivity index (χ0v) is 10.9. The van der Waals surface area contributed by atoms with Crippen LogP contribution in [0, 0.1) is 5.82 Å². The summed E-state index contributed by atoms with van der Waals surface area (Å²) in [6, 6.07) is 2.05. The summed E-state index contributed by atoms with van der Waals surface area (Å²) in [5.74, 6) is -0.907. The highest BCUT2D eigenvalue weighted by atomic mass is 19.4. The number of rotatable bonds is 5. The molecule has 0 radical (unpaired) electrons. The second-order valence-electron chi connectivity index (χ2n) is 4.49. The number of hydrogen-bond acceptors (Lipinski definition) is 2. The minimum atomic E-state index is -4.60. The van der Waals surface area contributed by atoms with Crippen LogP contribution in [0.2, 0.25) is 0 Å². The van der Waals surface area contributed by atoms with Crippen molar-refractivity contribution in [2.75, 3.05) is 6.54 Å². The van der Waals surface area contributed by atoms with Crippen molar-refractivity contribution in [1.29, 1.82) is 0 Å². The maximum atomic E-state index is 13.0. The van der Waals surface area contributed by atoms with Gasteiger partial charge < -0.3 is 11.1 Å². The Morgan fingerprint density at radius 2 is 1.95 bits per heavy atom. The molecule has 2 nitrogen and oxygen atoms in total. The number of nitrogens with one attached hydrogen (secondary N) is 1. The molecule has 2 unspecified atom stereocenters. The van der Waals surface area contributed by atoms with Crippen molar-refractivity contribution in [3.63, 3.8) is 0 Å². The van der Waals surface area contributed by atoms with Gasteiger partial charge in [0.25, 0.3) is 0 Å². The number of nitrogens with two attached hydrogens (primary N) is 1. The molecule has 108 valence electrons. The minimum absolute atomic E-state index is 0.0129. The van der Waals surface area contributed by atoms with Crippen molar-refractivity contribution in [1.82, 2.24) is 5.32 Å². The first kappa shape index (κ1) is 15.9. The third kappa shape index (κ3) is 4.18. The third-order valence-electron chi connectivity index (χ3n) is 3.03. The predicted octanol–water partition coefficient (Wildman–Crippen LogP) is 3.23. The molecule has 0 saturated heterocycles. The summed E-state index contributed by atoms with van der Waals surface area (Å²) in [6.45, 7) is 3.79. The second-order valence-corrected chi connectivity index (χ2v) is 4.49. The fraction of sp³-hybridized carbons (Fsp3) is 0.538. The van der Waals surface area contributed by atoms with Crippen LogP contribution in [0.1, 0.15) is 37.4 Å². The zero-order valence-electron chi connectivity index (χ0n) is 10.9. The molecule has 0 aliphatic carbocycles.